The summed E-state index contributed by atoms with van der Waals surface area (Å²) in [5.41, 5.74) is 8.34. The first-order valence-corrected chi connectivity index (χ1v) is 10.1. The first-order chi connectivity index (χ1) is 15.2. The monoisotopic (exact) mass is 460 g/mol. The topological polar surface area (TPSA) is 132 Å². The first kappa shape index (κ1) is 24.7. The van der Waals surface area contributed by atoms with E-state index in [2.05, 4.69) is 15.8 Å². The number of halogens is 1. The molecule has 0 saturated heterocycles. The SMILES string of the molecule is COc1cccc(/C=N/NC(=O)C(NC(=O)c2cccc(Cl)c2)C(C)C)c1OCC(N)=O. The van der Waals surface area contributed by atoms with Crippen molar-refractivity contribution >= 4 is 35.5 Å². The lowest BCUT2D eigenvalue weighted by Crippen LogP contribution is -2.48. The lowest BCUT2D eigenvalue weighted by atomic mass is 10.0. The van der Waals surface area contributed by atoms with Crippen LogP contribution < -0.4 is 25.9 Å². The summed E-state index contributed by atoms with van der Waals surface area (Å²) in [7, 11) is 1.45. The molecular formula is C22H25ClN4O5. The van der Waals surface area contributed by atoms with E-state index >= 15 is 0 Å². The predicted molar refractivity (Wildman–Crippen MR) is 121 cm³/mol. The number of methoxy groups -OCH3 is 1. The molecule has 1 unspecified atom stereocenters. The maximum atomic E-state index is 12.6. The van der Waals surface area contributed by atoms with Gasteiger partial charge in [-0.05, 0) is 36.2 Å². The zero-order valence-electron chi connectivity index (χ0n) is 17.9. The molecule has 0 aliphatic heterocycles. The van der Waals surface area contributed by atoms with Crippen molar-refractivity contribution in [2.45, 2.75) is 19.9 Å². The van der Waals surface area contributed by atoms with Gasteiger partial charge in [0.25, 0.3) is 17.7 Å². The van der Waals surface area contributed by atoms with Gasteiger partial charge in [-0.2, -0.15) is 5.10 Å². The second kappa shape index (κ2) is 11.7. The fraction of sp³-hybridized carbons (Fsp3) is 0.273. The highest BCUT2D eigenvalue weighted by atomic mass is 35.5. The van der Waals surface area contributed by atoms with Crippen molar-refractivity contribution in [2.75, 3.05) is 13.7 Å². The highest BCUT2D eigenvalue weighted by Gasteiger charge is 2.24. The lowest BCUT2D eigenvalue weighted by molar-refractivity contribution is -0.124. The Hall–Kier alpha value is -3.59. The summed E-state index contributed by atoms with van der Waals surface area (Å²) >= 11 is 5.93. The Bertz CT molecular complexity index is 1010. The minimum absolute atomic E-state index is 0.209. The molecule has 0 spiro atoms. The van der Waals surface area contributed by atoms with Crippen molar-refractivity contribution in [2.24, 2.45) is 16.8 Å². The number of nitrogens with one attached hydrogen (secondary N) is 2. The molecule has 2 aromatic carbocycles. The van der Waals surface area contributed by atoms with Gasteiger partial charge >= 0.3 is 0 Å². The number of amides is 3. The van der Waals surface area contributed by atoms with Crippen LogP contribution in [0.3, 0.4) is 0 Å². The number of para-hydroxylation sites is 1. The third-order valence-electron chi connectivity index (χ3n) is 4.29. The number of nitrogens with zero attached hydrogens (tertiary/aromatic N) is 1. The number of hydrogen-bond donors (Lipinski definition) is 3. The molecule has 1 atom stereocenters. The molecule has 0 aromatic heterocycles. The van der Waals surface area contributed by atoms with E-state index in [9.17, 15) is 14.4 Å². The average Bonchev–Trinajstić information content (AvgIpc) is 2.75. The maximum Gasteiger partial charge on any atom is 0.262 e. The molecule has 0 aliphatic carbocycles. The molecular weight excluding hydrogens is 436 g/mol. The molecule has 170 valence electrons. The van der Waals surface area contributed by atoms with Gasteiger partial charge in [-0.15, -0.1) is 0 Å². The van der Waals surface area contributed by atoms with Crippen molar-refractivity contribution < 1.29 is 23.9 Å². The zero-order valence-corrected chi connectivity index (χ0v) is 18.7. The molecule has 0 heterocycles. The molecule has 2 rings (SSSR count). The fourth-order valence-electron chi connectivity index (χ4n) is 2.72. The smallest absolute Gasteiger partial charge is 0.262 e. The summed E-state index contributed by atoms with van der Waals surface area (Å²) in [5.74, 6) is -1.17. The van der Waals surface area contributed by atoms with Gasteiger partial charge in [-0.25, -0.2) is 5.43 Å². The highest BCUT2D eigenvalue weighted by molar-refractivity contribution is 6.31. The van der Waals surface area contributed by atoms with Gasteiger partial charge in [-0.1, -0.05) is 37.6 Å². The van der Waals surface area contributed by atoms with E-state index in [0.717, 1.165) is 0 Å². The molecule has 0 saturated carbocycles. The number of hydrazone groups is 1. The summed E-state index contributed by atoms with van der Waals surface area (Å²) in [6.07, 6.45) is 1.34. The van der Waals surface area contributed by atoms with Gasteiger partial charge in [0, 0.05) is 16.1 Å². The average molecular weight is 461 g/mol. The molecule has 2 aromatic rings. The third-order valence-corrected chi connectivity index (χ3v) is 4.52. The standard InChI is InChI=1S/C22H25ClN4O5/c1-13(2)19(26-21(29)14-6-4-8-16(23)10-14)22(30)27-25-11-15-7-5-9-17(31-3)20(15)32-12-18(24)28/h4-11,13,19H,12H2,1-3H3,(H2,24,28)(H,26,29)(H,27,30)/b25-11+. The van der Waals surface area contributed by atoms with Crippen LogP contribution in [-0.4, -0.2) is 43.7 Å². The van der Waals surface area contributed by atoms with Crippen LogP contribution in [0.4, 0.5) is 0 Å². The highest BCUT2D eigenvalue weighted by Crippen LogP contribution is 2.29. The van der Waals surface area contributed by atoms with E-state index in [0.29, 0.717) is 21.9 Å². The Morgan fingerprint density at radius 1 is 1.19 bits per heavy atom. The van der Waals surface area contributed by atoms with Crippen molar-refractivity contribution in [3.05, 3.63) is 58.6 Å². The fourth-order valence-corrected chi connectivity index (χ4v) is 2.91. The Kier molecular flexibility index (Phi) is 9.03. The van der Waals surface area contributed by atoms with Crippen LogP contribution in [0.15, 0.2) is 47.6 Å². The number of carbonyl (C=O) groups is 3. The third kappa shape index (κ3) is 6.98. The van der Waals surface area contributed by atoms with Gasteiger partial charge in [0.15, 0.2) is 18.1 Å². The van der Waals surface area contributed by atoms with Gasteiger partial charge in [0.05, 0.1) is 13.3 Å². The first-order valence-electron chi connectivity index (χ1n) is 9.70. The van der Waals surface area contributed by atoms with E-state index in [4.69, 9.17) is 26.8 Å². The second-order valence-electron chi connectivity index (χ2n) is 7.07. The van der Waals surface area contributed by atoms with Crippen molar-refractivity contribution in [3.8, 4) is 11.5 Å². The molecule has 3 amide bonds. The van der Waals surface area contributed by atoms with Crippen LogP contribution >= 0.6 is 11.6 Å². The van der Waals surface area contributed by atoms with Crippen LogP contribution in [-0.2, 0) is 9.59 Å². The molecule has 0 aliphatic rings. The van der Waals surface area contributed by atoms with Crippen molar-refractivity contribution in [1.29, 1.82) is 0 Å². The quantitative estimate of drug-likeness (QED) is 0.369. The zero-order chi connectivity index (χ0) is 23.7. The Morgan fingerprint density at radius 3 is 2.53 bits per heavy atom. The minimum atomic E-state index is -0.838. The molecule has 0 fully saturated rings. The second-order valence-corrected chi connectivity index (χ2v) is 7.51. The summed E-state index contributed by atoms with van der Waals surface area (Å²) in [6.45, 7) is 3.24. The van der Waals surface area contributed by atoms with E-state index in [1.807, 2.05) is 0 Å². The van der Waals surface area contributed by atoms with Gasteiger partial charge in [0.1, 0.15) is 6.04 Å². The van der Waals surface area contributed by atoms with Gasteiger partial charge < -0.3 is 20.5 Å². The maximum absolute atomic E-state index is 12.6. The summed E-state index contributed by atoms with van der Waals surface area (Å²) in [6, 6.07) is 10.6. The summed E-state index contributed by atoms with van der Waals surface area (Å²) in [5, 5.41) is 7.06. The number of nitrogens with two attached hydrogens (primary N) is 1. The normalized spacial score (nSPS) is 11.8. The van der Waals surface area contributed by atoms with Crippen LogP contribution in [0, 0.1) is 5.92 Å². The van der Waals surface area contributed by atoms with E-state index < -0.39 is 23.8 Å². The predicted octanol–water partition coefficient (Wildman–Crippen LogP) is 2.12. The van der Waals surface area contributed by atoms with Crippen LogP contribution in [0.1, 0.15) is 29.8 Å². The van der Waals surface area contributed by atoms with Crippen molar-refractivity contribution in [1.82, 2.24) is 10.7 Å². The minimum Gasteiger partial charge on any atom is -0.493 e. The van der Waals surface area contributed by atoms with E-state index in [1.165, 1.54) is 19.4 Å². The number of ether oxygens (including phenoxy) is 2. The van der Waals surface area contributed by atoms with Crippen LogP contribution in [0.5, 0.6) is 11.5 Å². The van der Waals surface area contributed by atoms with Gasteiger partial charge in [0.2, 0.25) is 0 Å². The summed E-state index contributed by atoms with van der Waals surface area (Å²) in [4.78, 5) is 36.2. The number of benzene rings is 2. The number of carbonyl (C=O) groups excluding carboxylic acids is 3. The molecule has 0 radical (unpaired) electrons. The van der Waals surface area contributed by atoms with E-state index in [1.54, 1.807) is 50.2 Å². The number of hydrogen-bond acceptors (Lipinski definition) is 6. The Balaban J connectivity index is 2.11. The van der Waals surface area contributed by atoms with Gasteiger partial charge in [-0.3, -0.25) is 14.4 Å². The molecule has 10 heteroatoms. The number of primary amides is 1. The largest absolute Gasteiger partial charge is 0.493 e. The van der Waals surface area contributed by atoms with Crippen molar-refractivity contribution in [3.63, 3.8) is 0 Å². The Morgan fingerprint density at radius 2 is 1.91 bits per heavy atom. The molecule has 32 heavy (non-hydrogen) atoms. The molecule has 4 N–H and O–H groups in total. The number of rotatable bonds is 10. The lowest BCUT2D eigenvalue weighted by Gasteiger charge is -2.20. The Labute approximate surface area is 190 Å². The van der Waals surface area contributed by atoms with E-state index in [-0.39, 0.29) is 18.3 Å². The molecule has 9 nitrogen and oxygen atoms in total. The van der Waals surface area contributed by atoms with Crippen LogP contribution in [0.25, 0.3) is 0 Å². The molecule has 0 bridgehead atoms. The summed E-state index contributed by atoms with van der Waals surface area (Å²) < 4.78 is 10.6. The van der Waals surface area contributed by atoms with Crippen LogP contribution in [0.2, 0.25) is 5.02 Å².